The van der Waals surface area contributed by atoms with E-state index in [1.54, 1.807) is 12.1 Å². The Balaban J connectivity index is 1.65. The number of hydrogen-bond donors (Lipinski definition) is 0. The van der Waals surface area contributed by atoms with E-state index in [4.69, 9.17) is 9.47 Å². The van der Waals surface area contributed by atoms with Crippen LogP contribution in [0.15, 0.2) is 48.5 Å². The number of rotatable bonds is 5. The average Bonchev–Trinajstić information content (AvgIpc) is 3.29. The fraction of sp³-hybridized carbons (Fsp3) is 0.250. The summed E-state index contributed by atoms with van der Waals surface area (Å²) in [4.78, 5) is 0. The monoisotopic (exact) mass is 310 g/mol. The third-order valence-corrected chi connectivity index (χ3v) is 3.11. The van der Waals surface area contributed by atoms with Gasteiger partial charge in [-0.1, -0.05) is 24.3 Å². The van der Waals surface area contributed by atoms with Gasteiger partial charge in [-0.15, -0.1) is 13.2 Å². The topological polar surface area (TPSA) is 31.0 Å². The Morgan fingerprint density at radius 3 is 1.86 bits per heavy atom. The maximum absolute atomic E-state index is 12.1. The second-order valence-corrected chi connectivity index (χ2v) is 4.86. The van der Waals surface area contributed by atoms with Gasteiger partial charge in [0.2, 0.25) is 0 Å². The van der Waals surface area contributed by atoms with E-state index in [0.29, 0.717) is 6.61 Å². The molecule has 2 aromatic carbocycles. The minimum absolute atomic E-state index is 0.195. The maximum Gasteiger partial charge on any atom is 0.573 e. The number of ether oxygens (including phenoxy) is 3. The van der Waals surface area contributed by atoms with Crippen LogP contribution in [0.2, 0.25) is 0 Å². The van der Waals surface area contributed by atoms with Crippen LogP contribution in [0.5, 0.6) is 11.5 Å². The average molecular weight is 310 g/mol. The third kappa shape index (κ3) is 4.14. The molecule has 3 nitrogen and oxygen atoms in total. The summed E-state index contributed by atoms with van der Waals surface area (Å²) in [6.45, 7) is 1.27. The predicted molar refractivity (Wildman–Crippen MR) is 73.8 cm³/mol. The molecule has 1 aliphatic heterocycles. The van der Waals surface area contributed by atoms with Crippen LogP contribution in [0.25, 0.3) is 11.1 Å². The fourth-order valence-corrected chi connectivity index (χ4v) is 1.95. The smallest absolute Gasteiger partial charge is 0.491 e. The summed E-state index contributed by atoms with van der Waals surface area (Å²) >= 11 is 0. The van der Waals surface area contributed by atoms with Crippen LogP contribution >= 0.6 is 0 Å². The van der Waals surface area contributed by atoms with E-state index in [2.05, 4.69) is 4.74 Å². The van der Waals surface area contributed by atoms with E-state index in [9.17, 15) is 13.2 Å². The molecular formula is C16H13F3O3. The molecule has 1 fully saturated rings. The fourth-order valence-electron chi connectivity index (χ4n) is 1.95. The number of halogens is 3. The van der Waals surface area contributed by atoms with Gasteiger partial charge in [0.25, 0.3) is 0 Å². The van der Waals surface area contributed by atoms with E-state index < -0.39 is 6.36 Å². The van der Waals surface area contributed by atoms with Crippen molar-refractivity contribution < 1.29 is 27.4 Å². The number of hydrogen-bond acceptors (Lipinski definition) is 3. The molecule has 22 heavy (non-hydrogen) atoms. The molecule has 1 unspecified atom stereocenters. The van der Waals surface area contributed by atoms with Crippen LogP contribution in [-0.2, 0) is 4.74 Å². The molecule has 1 atom stereocenters. The summed E-state index contributed by atoms with van der Waals surface area (Å²) in [5, 5.41) is 0. The molecule has 0 N–H and O–H groups in total. The van der Waals surface area contributed by atoms with Crippen molar-refractivity contribution in [2.24, 2.45) is 0 Å². The summed E-state index contributed by atoms with van der Waals surface area (Å²) in [5.41, 5.74) is 1.68. The molecule has 2 aromatic rings. The standard InChI is InChI=1S/C16H13F3O3/c17-16(18,19)22-14-7-3-12(4-8-14)11-1-5-13(6-2-11)20-9-15-10-21-15/h1-8,15H,9-10H2. The number of epoxide rings is 1. The molecule has 0 radical (unpaired) electrons. The Morgan fingerprint density at radius 1 is 0.909 bits per heavy atom. The van der Waals surface area contributed by atoms with Crippen LogP contribution in [0, 0.1) is 0 Å². The molecular weight excluding hydrogens is 297 g/mol. The van der Waals surface area contributed by atoms with Crippen LogP contribution in [0.1, 0.15) is 0 Å². The molecule has 0 bridgehead atoms. The van der Waals surface area contributed by atoms with Crippen LogP contribution < -0.4 is 9.47 Å². The largest absolute Gasteiger partial charge is 0.573 e. The lowest BCUT2D eigenvalue weighted by atomic mass is 10.1. The highest BCUT2D eigenvalue weighted by atomic mass is 19.4. The van der Waals surface area contributed by atoms with Crippen molar-refractivity contribution in [3.8, 4) is 22.6 Å². The lowest BCUT2D eigenvalue weighted by molar-refractivity contribution is -0.274. The van der Waals surface area contributed by atoms with Gasteiger partial charge in [0, 0.05) is 0 Å². The highest BCUT2D eigenvalue weighted by molar-refractivity contribution is 5.64. The van der Waals surface area contributed by atoms with E-state index in [1.807, 2.05) is 24.3 Å². The molecule has 0 aliphatic carbocycles. The Morgan fingerprint density at radius 2 is 1.41 bits per heavy atom. The van der Waals surface area contributed by atoms with Crippen LogP contribution in [0.4, 0.5) is 13.2 Å². The molecule has 1 heterocycles. The molecule has 3 rings (SSSR count). The zero-order chi connectivity index (χ0) is 15.6. The first kappa shape index (κ1) is 14.7. The summed E-state index contributed by atoms with van der Waals surface area (Å²) in [6.07, 6.45) is -4.48. The Hall–Kier alpha value is -2.21. The van der Waals surface area contributed by atoms with E-state index in [-0.39, 0.29) is 11.9 Å². The Kier molecular flexibility index (Phi) is 3.94. The van der Waals surface area contributed by atoms with Gasteiger partial charge in [-0.25, -0.2) is 0 Å². The summed E-state index contributed by atoms with van der Waals surface area (Å²) in [6, 6.07) is 13.1. The van der Waals surface area contributed by atoms with Gasteiger partial charge in [-0.05, 0) is 35.4 Å². The van der Waals surface area contributed by atoms with Gasteiger partial charge in [-0.3, -0.25) is 0 Å². The molecule has 0 amide bonds. The molecule has 116 valence electrons. The highest BCUT2D eigenvalue weighted by Gasteiger charge is 2.30. The van der Waals surface area contributed by atoms with E-state index in [1.165, 1.54) is 12.1 Å². The van der Waals surface area contributed by atoms with Gasteiger partial charge < -0.3 is 14.2 Å². The van der Waals surface area contributed by atoms with Crippen molar-refractivity contribution in [1.82, 2.24) is 0 Å². The minimum Gasteiger partial charge on any atom is -0.491 e. The van der Waals surface area contributed by atoms with Crippen molar-refractivity contribution in [1.29, 1.82) is 0 Å². The van der Waals surface area contributed by atoms with Crippen molar-refractivity contribution in [3.63, 3.8) is 0 Å². The zero-order valence-corrected chi connectivity index (χ0v) is 11.5. The molecule has 0 aromatic heterocycles. The van der Waals surface area contributed by atoms with Gasteiger partial charge in [0.05, 0.1) is 6.61 Å². The summed E-state index contributed by atoms with van der Waals surface area (Å²) in [7, 11) is 0. The van der Waals surface area contributed by atoms with Gasteiger partial charge in [0.1, 0.15) is 24.2 Å². The zero-order valence-electron chi connectivity index (χ0n) is 11.5. The highest BCUT2D eigenvalue weighted by Crippen LogP contribution is 2.27. The normalized spacial score (nSPS) is 17.1. The maximum atomic E-state index is 12.1. The first-order chi connectivity index (χ1) is 10.5. The molecule has 0 spiro atoms. The van der Waals surface area contributed by atoms with Gasteiger partial charge >= 0.3 is 6.36 Å². The SMILES string of the molecule is FC(F)(F)Oc1ccc(-c2ccc(OCC3CO3)cc2)cc1. The van der Waals surface area contributed by atoms with Gasteiger partial charge in [-0.2, -0.15) is 0 Å². The van der Waals surface area contributed by atoms with Crippen molar-refractivity contribution in [2.75, 3.05) is 13.2 Å². The predicted octanol–water partition coefficient (Wildman–Crippen LogP) is 4.03. The molecule has 6 heteroatoms. The second kappa shape index (κ2) is 5.88. The van der Waals surface area contributed by atoms with Crippen molar-refractivity contribution in [2.45, 2.75) is 12.5 Å². The molecule has 0 saturated carbocycles. The van der Waals surface area contributed by atoms with Crippen LogP contribution in [-0.4, -0.2) is 25.7 Å². The molecule has 1 aliphatic rings. The number of alkyl halides is 3. The minimum atomic E-state index is -4.67. The first-order valence-electron chi connectivity index (χ1n) is 6.70. The van der Waals surface area contributed by atoms with E-state index in [0.717, 1.165) is 23.5 Å². The quantitative estimate of drug-likeness (QED) is 0.781. The molecule has 1 saturated heterocycles. The van der Waals surface area contributed by atoms with Crippen molar-refractivity contribution in [3.05, 3.63) is 48.5 Å². The van der Waals surface area contributed by atoms with Crippen molar-refractivity contribution >= 4 is 0 Å². The summed E-state index contributed by atoms with van der Waals surface area (Å²) in [5.74, 6) is 0.497. The van der Waals surface area contributed by atoms with Gasteiger partial charge in [0.15, 0.2) is 0 Å². The second-order valence-electron chi connectivity index (χ2n) is 4.86. The lowest BCUT2D eigenvalue weighted by Crippen LogP contribution is -2.16. The Bertz CT molecular complexity index is 617. The third-order valence-electron chi connectivity index (χ3n) is 3.11. The van der Waals surface area contributed by atoms with Crippen LogP contribution in [0.3, 0.4) is 0 Å². The number of benzene rings is 2. The summed E-state index contributed by atoms with van der Waals surface area (Å²) < 4.78 is 50.7. The van der Waals surface area contributed by atoms with E-state index >= 15 is 0 Å². The first-order valence-corrected chi connectivity index (χ1v) is 6.70. The Labute approximate surface area is 125 Å². The lowest BCUT2D eigenvalue weighted by Gasteiger charge is -2.10.